The summed E-state index contributed by atoms with van der Waals surface area (Å²) in [6.07, 6.45) is -2.00. The summed E-state index contributed by atoms with van der Waals surface area (Å²) < 4.78 is 47.0. The first-order valence-corrected chi connectivity index (χ1v) is 8.64. The standard InChI is InChI=1S/C20H19F3N4O2/c1-19(2,3)16-13(24-10-25-16)9-15-18(29)26-14(17(28)27-15)8-11-5-4-6-12(7-11)20(21,22)23/h4-10H,1-3H3,(H,24,25)(H,26,29)(H,27,28)/b14-8-,15-9-/i9D. The van der Waals surface area contributed by atoms with Gasteiger partial charge in [-0.1, -0.05) is 32.9 Å². The second-order valence-electron chi connectivity index (χ2n) is 7.47. The molecule has 0 saturated carbocycles. The van der Waals surface area contributed by atoms with Crippen LogP contribution in [0.2, 0.25) is 0 Å². The van der Waals surface area contributed by atoms with Crippen LogP contribution in [0.15, 0.2) is 40.2 Å². The molecule has 0 fully saturated rings. The SMILES string of the molecule is [2H]/C(c1[nH]cnc1C(C)(C)C)=c1/[nH]c(=O)/c(=C/c2cccc(C(F)(F)F)c2)[nH]c1=O. The van der Waals surface area contributed by atoms with Crippen LogP contribution in [-0.2, 0) is 11.6 Å². The van der Waals surface area contributed by atoms with Gasteiger partial charge >= 0.3 is 6.18 Å². The van der Waals surface area contributed by atoms with Gasteiger partial charge in [0.2, 0.25) is 0 Å². The van der Waals surface area contributed by atoms with Crippen molar-refractivity contribution in [2.24, 2.45) is 0 Å². The second kappa shape index (κ2) is 7.23. The predicted octanol–water partition coefficient (Wildman–Crippen LogP) is 1.76. The van der Waals surface area contributed by atoms with Crippen LogP contribution in [0.25, 0.3) is 12.1 Å². The Labute approximate surface area is 164 Å². The minimum atomic E-state index is -4.53. The fraction of sp³-hybridized carbons (Fsp3) is 0.250. The van der Waals surface area contributed by atoms with Crippen molar-refractivity contribution in [1.29, 1.82) is 0 Å². The molecule has 1 aromatic carbocycles. The number of nitrogens with one attached hydrogen (secondary N) is 3. The molecule has 0 saturated heterocycles. The van der Waals surface area contributed by atoms with Crippen molar-refractivity contribution in [3.05, 3.63) is 84.5 Å². The zero-order valence-electron chi connectivity index (χ0n) is 16.9. The first kappa shape index (κ1) is 19.0. The van der Waals surface area contributed by atoms with Gasteiger partial charge < -0.3 is 15.0 Å². The highest BCUT2D eigenvalue weighted by Crippen LogP contribution is 2.29. The third-order valence-electron chi connectivity index (χ3n) is 4.08. The average Bonchev–Trinajstić information content (AvgIpc) is 3.14. The summed E-state index contributed by atoms with van der Waals surface area (Å²) in [7, 11) is 0. The summed E-state index contributed by atoms with van der Waals surface area (Å²) in [5.74, 6) is 0. The van der Waals surface area contributed by atoms with Crippen molar-refractivity contribution >= 4 is 12.1 Å². The van der Waals surface area contributed by atoms with Crippen molar-refractivity contribution in [3.63, 3.8) is 0 Å². The number of hydrogen-bond acceptors (Lipinski definition) is 3. The monoisotopic (exact) mass is 405 g/mol. The number of alkyl halides is 3. The van der Waals surface area contributed by atoms with E-state index >= 15 is 0 Å². The Morgan fingerprint density at radius 3 is 2.38 bits per heavy atom. The lowest BCUT2D eigenvalue weighted by molar-refractivity contribution is -0.137. The van der Waals surface area contributed by atoms with Crippen LogP contribution in [0.1, 0.15) is 44.7 Å². The van der Waals surface area contributed by atoms with Gasteiger partial charge in [0.05, 0.1) is 24.6 Å². The molecule has 0 aliphatic heterocycles. The lowest BCUT2D eigenvalue weighted by Crippen LogP contribution is -2.46. The molecule has 0 unspecified atom stereocenters. The highest BCUT2D eigenvalue weighted by molar-refractivity contribution is 5.50. The molecule has 2 heterocycles. The zero-order valence-corrected chi connectivity index (χ0v) is 15.9. The topological polar surface area (TPSA) is 94.4 Å². The number of aromatic amines is 3. The van der Waals surface area contributed by atoms with Crippen LogP contribution in [0.5, 0.6) is 0 Å². The first-order chi connectivity index (χ1) is 13.9. The van der Waals surface area contributed by atoms with Gasteiger partial charge in [0.25, 0.3) is 11.1 Å². The van der Waals surface area contributed by atoms with E-state index in [0.717, 1.165) is 18.2 Å². The summed E-state index contributed by atoms with van der Waals surface area (Å²) >= 11 is 0. The molecule has 3 rings (SSSR count). The molecule has 3 N–H and O–H groups in total. The molecular weight excluding hydrogens is 385 g/mol. The molecule has 3 aromatic rings. The van der Waals surface area contributed by atoms with Crippen LogP contribution < -0.4 is 21.8 Å². The highest BCUT2D eigenvalue weighted by Gasteiger charge is 2.30. The third kappa shape index (κ3) is 4.56. The summed E-state index contributed by atoms with van der Waals surface area (Å²) in [4.78, 5) is 36.6. The van der Waals surface area contributed by atoms with Gasteiger partial charge in [-0.3, -0.25) is 9.59 Å². The summed E-state index contributed by atoms with van der Waals surface area (Å²) in [5, 5.41) is -0.507. The van der Waals surface area contributed by atoms with Crippen LogP contribution in [0.3, 0.4) is 0 Å². The van der Waals surface area contributed by atoms with E-state index in [0.29, 0.717) is 11.4 Å². The fourth-order valence-corrected chi connectivity index (χ4v) is 2.72. The predicted molar refractivity (Wildman–Crippen MR) is 103 cm³/mol. The Morgan fingerprint density at radius 2 is 1.72 bits per heavy atom. The Hall–Kier alpha value is -3.36. The lowest BCUT2D eigenvalue weighted by atomic mass is 9.90. The van der Waals surface area contributed by atoms with E-state index in [1.165, 1.54) is 18.5 Å². The Balaban J connectivity index is 2.18. The van der Waals surface area contributed by atoms with Gasteiger partial charge in [-0.05, 0) is 29.8 Å². The van der Waals surface area contributed by atoms with E-state index in [-0.39, 0.29) is 22.3 Å². The summed E-state index contributed by atoms with van der Waals surface area (Å²) in [6.45, 7) is 5.67. The van der Waals surface area contributed by atoms with Crippen molar-refractivity contribution in [1.82, 2.24) is 19.9 Å². The summed E-state index contributed by atoms with van der Waals surface area (Å²) in [6, 6.07) is 4.11. The zero-order chi connectivity index (χ0) is 22.3. The van der Waals surface area contributed by atoms with Crippen molar-refractivity contribution < 1.29 is 14.5 Å². The smallest absolute Gasteiger partial charge is 0.345 e. The van der Waals surface area contributed by atoms with Gasteiger partial charge in [0, 0.05) is 5.41 Å². The second-order valence-corrected chi connectivity index (χ2v) is 7.47. The molecule has 0 aliphatic rings. The van der Waals surface area contributed by atoms with Crippen molar-refractivity contribution in [2.45, 2.75) is 32.4 Å². The minimum absolute atomic E-state index is 0.0948. The molecule has 0 atom stereocenters. The molecule has 0 spiro atoms. The number of halogens is 3. The summed E-state index contributed by atoms with van der Waals surface area (Å²) in [5.41, 5.74) is -1.85. The number of hydrogen-bond donors (Lipinski definition) is 3. The molecule has 0 bridgehead atoms. The number of aromatic nitrogens is 4. The van der Waals surface area contributed by atoms with Gasteiger partial charge in [0.15, 0.2) is 0 Å². The van der Waals surface area contributed by atoms with E-state index in [1.807, 2.05) is 20.8 Å². The van der Waals surface area contributed by atoms with Crippen LogP contribution in [0, 0.1) is 0 Å². The first-order valence-electron chi connectivity index (χ1n) is 9.14. The number of benzene rings is 1. The van der Waals surface area contributed by atoms with Gasteiger partial charge in [0.1, 0.15) is 10.7 Å². The minimum Gasteiger partial charge on any atom is -0.345 e. The van der Waals surface area contributed by atoms with Crippen molar-refractivity contribution in [3.8, 4) is 0 Å². The maximum Gasteiger partial charge on any atom is 0.416 e. The number of nitrogens with zero attached hydrogens (tertiary/aromatic N) is 1. The number of H-pyrrole nitrogens is 3. The maximum atomic E-state index is 12.9. The fourth-order valence-electron chi connectivity index (χ4n) is 2.72. The van der Waals surface area contributed by atoms with E-state index in [4.69, 9.17) is 1.37 Å². The van der Waals surface area contributed by atoms with E-state index in [1.54, 1.807) is 0 Å². The molecule has 0 amide bonds. The molecule has 0 aliphatic carbocycles. The molecule has 152 valence electrons. The highest BCUT2D eigenvalue weighted by atomic mass is 19.4. The van der Waals surface area contributed by atoms with E-state index < -0.39 is 28.3 Å². The molecule has 0 radical (unpaired) electrons. The normalized spacial score (nSPS) is 14.7. The van der Waals surface area contributed by atoms with Crippen molar-refractivity contribution in [2.75, 3.05) is 0 Å². The Morgan fingerprint density at radius 1 is 1.07 bits per heavy atom. The van der Waals surface area contributed by atoms with E-state index in [9.17, 15) is 22.8 Å². The van der Waals surface area contributed by atoms with E-state index in [2.05, 4.69) is 19.9 Å². The largest absolute Gasteiger partial charge is 0.416 e. The molecule has 29 heavy (non-hydrogen) atoms. The van der Waals surface area contributed by atoms with Crippen LogP contribution >= 0.6 is 0 Å². The molecule has 2 aromatic heterocycles. The molecule has 9 heteroatoms. The van der Waals surface area contributed by atoms with Crippen LogP contribution in [-0.4, -0.2) is 19.9 Å². The molecular formula is C20H19F3N4O2. The van der Waals surface area contributed by atoms with Gasteiger partial charge in [-0.2, -0.15) is 13.2 Å². The average molecular weight is 405 g/mol. The molecule has 6 nitrogen and oxygen atoms in total. The Kier molecular flexibility index (Phi) is 4.73. The van der Waals surface area contributed by atoms with Crippen LogP contribution in [0.4, 0.5) is 13.2 Å². The quantitative estimate of drug-likeness (QED) is 0.606. The lowest BCUT2D eigenvalue weighted by Gasteiger charge is -2.16. The van der Waals surface area contributed by atoms with Gasteiger partial charge in [-0.15, -0.1) is 0 Å². The third-order valence-corrected chi connectivity index (χ3v) is 4.08. The number of imidazole rings is 1. The number of rotatable bonds is 2. The van der Waals surface area contributed by atoms with Gasteiger partial charge in [-0.25, -0.2) is 4.98 Å². The maximum absolute atomic E-state index is 12.9. The Bertz CT molecular complexity index is 1330.